The third-order valence-corrected chi connectivity index (χ3v) is 3.84. The second-order valence-corrected chi connectivity index (χ2v) is 4.49. The van der Waals surface area contributed by atoms with E-state index in [4.69, 9.17) is 0 Å². The number of hydrogen-bond donors (Lipinski definition) is 1. The minimum Gasteiger partial charge on any atom is -0.389 e. The number of hydrogen-bond acceptors (Lipinski definition) is 1. The van der Waals surface area contributed by atoms with Crippen LogP contribution in [0.5, 0.6) is 0 Å². The minimum absolute atomic E-state index is 0.195. The van der Waals surface area contributed by atoms with Gasteiger partial charge in [-0.15, -0.1) is 0 Å². The molecule has 1 aromatic carbocycles. The van der Waals surface area contributed by atoms with Gasteiger partial charge < -0.3 is 5.11 Å². The molecule has 0 aromatic heterocycles. The van der Waals surface area contributed by atoms with Crippen molar-refractivity contribution < 1.29 is 5.11 Å². The van der Waals surface area contributed by atoms with Gasteiger partial charge in [-0.3, -0.25) is 0 Å². The van der Waals surface area contributed by atoms with Crippen LogP contribution in [0.3, 0.4) is 0 Å². The third-order valence-electron chi connectivity index (χ3n) is 3.84. The Hall–Kier alpha value is -1.08. The summed E-state index contributed by atoms with van der Waals surface area (Å²) in [7, 11) is 0. The number of benzene rings is 1. The summed E-state index contributed by atoms with van der Waals surface area (Å²) in [5, 5.41) is 9.76. The molecule has 0 amide bonds. The van der Waals surface area contributed by atoms with Crippen LogP contribution in [0, 0.1) is 5.92 Å². The van der Waals surface area contributed by atoms with Gasteiger partial charge in [0.25, 0.3) is 0 Å². The lowest BCUT2D eigenvalue weighted by Crippen LogP contribution is -2.10. The van der Waals surface area contributed by atoms with Crippen LogP contribution in [-0.4, -0.2) is 11.2 Å². The topological polar surface area (TPSA) is 20.2 Å². The molecule has 2 aliphatic carbocycles. The van der Waals surface area contributed by atoms with Gasteiger partial charge >= 0.3 is 0 Å². The quantitative estimate of drug-likeness (QED) is 0.667. The third kappa shape index (κ3) is 0.833. The molecular weight excluding hydrogens is 172 g/mol. The maximum atomic E-state index is 9.76. The zero-order chi connectivity index (χ0) is 9.76. The normalized spacial score (nSPS) is 39.1. The Kier molecular flexibility index (Phi) is 1.46. The Bertz CT molecular complexity index is 393. The first-order chi connectivity index (χ1) is 6.75. The van der Waals surface area contributed by atoms with Crippen molar-refractivity contribution in [3.05, 3.63) is 47.5 Å². The van der Waals surface area contributed by atoms with Crippen molar-refractivity contribution in [1.82, 2.24) is 0 Å². The smallest absolute Gasteiger partial charge is 0.0763 e. The van der Waals surface area contributed by atoms with E-state index in [0.29, 0.717) is 5.92 Å². The highest BCUT2D eigenvalue weighted by molar-refractivity contribution is 5.49. The van der Waals surface area contributed by atoms with Crippen LogP contribution in [0.1, 0.15) is 18.9 Å². The van der Waals surface area contributed by atoms with Crippen LogP contribution in [-0.2, 0) is 5.41 Å². The molecule has 1 aromatic rings. The van der Waals surface area contributed by atoms with Gasteiger partial charge in [0.05, 0.1) is 6.10 Å². The average Bonchev–Trinajstić information content (AvgIpc) is 2.90. The number of aliphatic hydroxyl groups is 1. The second-order valence-electron chi connectivity index (χ2n) is 4.49. The standard InChI is InChI=1S/C13H14O/c1-9-7-12(14)11-8-13(9,11)10-5-3-2-4-6-10/h2-7,11-12,14H,8H2,1H3/t11-,12-,13+/m1/s1. The molecule has 0 heterocycles. The van der Waals surface area contributed by atoms with Crippen molar-refractivity contribution in [2.45, 2.75) is 24.9 Å². The zero-order valence-corrected chi connectivity index (χ0v) is 8.27. The van der Waals surface area contributed by atoms with Gasteiger partial charge in [0.2, 0.25) is 0 Å². The summed E-state index contributed by atoms with van der Waals surface area (Å²) in [5.41, 5.74) is 2.91. The van der Waals surface area contributed by atoms with Crippen LogP contribution in [0.25, 0.3) is 0 Å². The van der Waals surface area contributed by atoms with Crippen LogP contribution >= 0.6 is 0 Å². The molecule has 0 unspecified atom stereocenters. The van der Waals surface area contributed by atoms with Crippen molar-refractivity contribution in [3.8, 4) is 0 Å². The number of rotatable bonds is 1. The van der Waals surface area contributed by atoms with Gasteiger partial charge in [-0.1, -0.05) is 42.0 Å². The van der Waals surface area contributed by atoms with E-state index in [1.54, 1.807) is 0 Å². The highest BCUT2D eigenvalue weighted by atomic mass is 16.3. The van der Waals surface area contributed by atoms with E-state index in [9.17, 15) is 5.11 Å². The van der Waals surface area contributed by atoms with E-state index in [2.05, 4.69) is 31.2 Å². The number of allylic oxidation sites excluding steroid dienone is 1. The molecule has 3 rings (SSSR count). The first kappa shape index (κ1) is 8.25. The number of fused-ring (bicyclic) bond motifs is 1. The SMILES string of the molecule is CC1=C[C@@H](O)[C@H]2C[C@@]12c1ccccc1. The molecule has 0 saturated heterocycles. The Morgan fingerprint density at radius 1 is 1.29 bits per heavy atom. The minimum atomic E-state index is -0.213. The summed E-state index contributed by atoms with van der Waals surface area (Å²) in [5.74, 6) is 0.449. The van der Waals surface area contributed by atoms with E-state index < -0.39 is 0 Å². The fraction of sp³-hybridized carbons (Fsp3) is 0.385. The predicted molar refractivity (Wildman–Crippen MR) is 56.0 cm³/mol. The van der Waals surface area contributed by atoms with E-state index in [-0.39, 0.29) is 11.5 Å². The summed E-state index contributed by atoms with van der Waals surface area (Å²) in [6.07, 6.45) is 2.93. The molecule has 14 heavy (non-hydrogen) atoms. The fourth-order valence-electron chi connectivity index (χ4n) is 2.97. The van der Waals surface area contributed by atoms with Crippen LogP contribution in [0.4, 0.5) is 0 Å². The molecule has 1 nitrogen and oxygen atoms in total. The van der Waals surface area contributed by atoms with Gasteiger partial charge in [0, 0.05) is 11.3 Å². The van der Waals surface area contributed by atoms with Gasteiger partial charge in [0.15, 0.2) is 0 Å². The second kappa shape index (κ2) is 2.48. The molecule has 1 N–H and O–H groups in total. The molecule has 3 atom stereocenters. The van der Waals surface area contributed by atoms with E-state index in [0.717, 1.165) is 6.42 Å². The van der Waals surface area contributed by atoms with Crippen LogP contribution < -0.4 is 0 Å². The monoisotopic (exact) mass is 186 g/mol. The lowest BCUT2D eigenvalue weighted by molar-refractivity contribution is 0.201. The average molecular weight is 186 g/mol. The summed E-state index contributed by atoms with van der Waals surface area (Å²) >= 11 is 0. The van der Waals surface area contributed by atoms with E-state index in [1.807, 2.05) is 12.1 Å². The molecule has 0 radical (unpaired) electrons. The lowest BCUT2D eigenvalue weighted by atomic mass is 9.89. The zero-order valence-electron chi connectivity index (χ0n) is 8.27. The molecule has 0 bridgehead atoms. The maximum absolute atomic E-state index is 9.76. The molecule has 1 heteroatoms. The van der Waals surface area contributed by atoms with Gasteiger partial charge in [-0.25, -0.2) is 0 Å². The fourth-order valence-corrected chi connectivity index (χ4v) is 2.97. The van der Waals surface area contributed by atoms with Crippen molar-refractivity contribution in [2.75, 3.05) is 0 Å². The van der Waals surface area contributed by atoms with Crippen molar-refractivity contribution in [1.29, 1.82) is 0 Å². The Labute approximate surface area is 84.1 Å². The van der Waals surface area contributed by atoms with Gasteiger partial charge in [-0.05, 0) is 18.9 Å². The summed E-state index contributed by atoms with van der Waals surface area (Å²) < 4.78 is 0. The molecule has 1 saturated carbocycles. The molecule has 0 spiro atoms. The summed E-state index contributed by atoms with van der Waals surface area (Å²) in [4.78, 5) is 0. The molecule has 1 fully saturated rings. The predicted octanol–water partition coefficient (Wildman–Crippen LogP) is 2.27. The maximum Gasteiger partial charge on any atom is 0.0763 e. The van der Waals surface area contributed by atoms with E-state index in [1.165, 1.54) is 11.1 Å². The van der Waals surface area contributed by atoms with E-state index >= 15 is 0 Å². The van der Waals surface area contributed by atoms with Crippen LogP contribution in [0.15, 0.2) is 42.0 Å². The number of aliphatic hydroxyl groups excluding tert-OH is 1. The van der Waals surface area contributed by atoms with Crippen LogP contribution in [0.2, 0.25) is 0 Å². The lowest BCUT2D eigenvalue weighted by Gasteiger charge is -2.14. The largest absolute Gasteiger partial charge is 0.389 e. The molecular formula is C13H14O. The van der Waals surface area contributed by atoms with Gasteiger partial charge in [0.1, 0.15) is 0 Å². The highest BCUT2D eigenvalue weighted by Gasteiger charge is 2.62. The van der Waals surface area contributed by atoms with Crippen molar-refractivity contribution in [3.63, 3.8) is 0 Å². The Morgan fingerprint density at radius 3 is 2.50 bits per heavy atom. The molecule has 72 valence electrons. The highest BCUT2D eigenvalue weighted by Crippen LogP contribution is 2.64. The van der Waals surface area contributed by atoms with Crippen molar-refractivity contribution >= 4 is 0 Å². The van der Waals surface area contributed by atoms with Gasteiger partial charge in [-0.2, -0.15) is 0 Å². The summed E-state index contributed by atoms with van der Waals surface area (Å²) in [6, 6.07) is 10.6. The summed E-state index contributed by atoms with van der Waals surface area (Å²) in [6.45, 7) is 2.14. The Morgan fingerprint density at radius 2 is 2.00 bits per heavy atom. The first-order valence-corrected chi connectivity index (χ1v) is 5.17. The molecule has 2 aliphatic rings. The molecule has 0 aliphatic heterocycles. The first-order valence-electron chi connectivity index (χ1n) is 5.17. The van der Waals surface area contributed by atoms with Crippen molar-refractivity contribution in [2.24, 2.45) is 5.92 Å². The Balaban J connectivity index is 2.06.